The number of hydrogen-bond acceptors (Lipinski definition) is 6. The first-order valence-electron chi connectivity index (χ1n) is 9.91. The van der Waals surface area contributed by atoms with Crippen LogP contribution in [0.5, 0.6) is 0 Å². The molecule has 8 heteroatoms. The van der Waals surface area contributed by atoms with Gasteiger partial charge in [-0.3, -0.25) is 14.6 Å². The van der Waals surface area contributed by atoms with Crippen LogP contribution in [0.1, 0.15) is 23.2 Å². The molecule has 1 saturated heterocycles. The Balaban J connectivity index is 1.44. The highest BCUT2D eigenvalue weighted by Crippen LogP contribution is 2.17. The molecule has 0 spiro atoms. The van der Waals surface area contributed by atoms with Crippen molar-refractivity contribution < 1.29 is 9.53 Å². The first kappa shape index (κ1) is 21.4. The van der Waals surface area contributed by atoms with Gasteiger partial charge in [0.1, 0.15) is 0 Å². The molecule has 1 amide bonds. The van der Waals surface area contributed by atoms with Gasteiger partial charge in [0.15, 0.2) is 0 Å². The fourth-order valence-corrected chi connectivity index (χ4v) is 3.90. The molecule has 1 aromatic carbocycles. The van der Waals surface area contributed by atoms with E-state index in [4.69, 9.17) is 4.74 Å². The Bertz CT molecular complexity index is 876. The lowest BCUT2D eigenvalue weighted by Crippen LogP contribution is -2.38. The smallest absolute Gasteiger partial charge is 0.255 e. The highest BCUT2D eigenvalue weighted by atomic mass is 32.2. The van der Waals surface area contributed by atoms with E-state index in [0.717, 1.165) is 5.75 Å². The molecule has 3 rings (SSSR count). The van der Waals surface area contributed by atoms with Crippen molar-refractivity contribution in [2.75, 3.05) is 43.5 Å². The fraction of sp³-hybridized carbons (Fsp3) is 0.476. The first-order chi connectivity index (χ1) is 14.0. The van der Waals surface area contributed by atoms with E-state index < -0.39 is 0 Å². The molecule has 1 fully saturated rings. The van der Waals surface area contributed by atoms with Gasteiger partial charge in [0.05, 0.1) is 13.2 Å². The number of carbonyl (C=O) groups excluding carboxylic acids is 1. The number of amides is 1. The molecule has 0 saturated carbocycles. The van der Waals surface area contributed by atoms with Gasteiger partial charge in [-0.25, -0.2) is 4.98 Å². The van der Waals surface area contributed by atoms with E-state index in [9.17, 15) is 9.59 Å². The molecule has 29 heavy (non-hydrogen) atoms. The van der Waals surface area contributed by atoms with E-state index in [1.807, 2.05) is 11.8 Å². The number of nitrogens with one attached hydrogen (secondary N) is 2. The summed E-state index contributed by atoms with van der Waals surface area (Å²) in [6.07, 6.45) is 0.659. The molecule has 0 radical (unpaired) electrons. The normalized spacial score (nSPS) is 14.1. The standard InChI is InChI=1S/C21H28N4O3S/c1-15-3-5-17(6-4-15)29-14-9-22-19(26)8-7-18-16(2)23-21(24-20(18)27)25-10-12-28-13-11-25/h3-6H,7-14H2,1-2H3,(H,22,26)(H,23,24,27). The summed E-state index contributed by atoms with van der Waals surface area (Å²) in [4.78, 5) is 35.2. The minimum absolute atomic E-state index is 0.0504. The van der Waals surface area contributed by atoms with Crippen molar-refractivity contribution in [3.05, 3.63) is 51.4 Å². The Kier molecular flexibility index (Phi) is 7.71. The number of carbonyl (C=O) groups is 1. The first-order valence-corrected chi connectivity index (χ1v) is 10.9. The molecule has 156 valence electrons. The highest BCUT2D eigenvalue weighted by molar-refractivity contribution is 7.99. The maximum atomic E-state index is 12.5. The van der Waals surface area contributed by atoms with Crippen LogP contribution in [0.3, 0.4) is 0 Å². The summed E-state index contributed by atoms with van der Waals surface area (Å²) in [7, 11) is 0. The number of aryl methyl sites for hydroxylation is 2. The van der Waals surface area contributed by atoms with Gasteiger partial charge in [-0.1, -0.05) is 17.7 Å². The van der Waals surface area contributed by atoms with Gasteiger partial charge in [-0.2, -0.15) is 0 Å². The minimum atomic E-state index is -0.165. The molecular formula is C21H28N4O3S. The zero-order valence-electron chi connectivity index (χ0n) is 17.0. The van der Waals surface area contributed by atoms with Crippen molar-refractivity contribution in [3.8, 4) is 0 Å². The van der Waals surface area contributed by atoms with Crippen molar-refractivity contribution in [3.63, 3.8) is 0 Å². The summed E-state index contributed by atoms with van der Waals surface area (Å²) in [5.41, 5.74) is 2.33. The van der Waals surface area contributed by atoms with E-state index in [-0.39, 0.29) is 17.9 Å². The Labute approximate surface area is 175 Å². The van der Waals surface area contributed by atoms with Crippen LogP contribution in [0, 0.1) is 13.8 Å². The molecule has 0 unspecified atom stereocenters. The number of morpholine rings is 1. The second-order valence-electron chi connectivity index (χ2n) is 7.06. The van der Waals surface area contributed by atoms with Gasteiger partial charge in [-0.15, -0.1) is 11.8 Å². The quantitative estimate of drug-likeness (QED) is 0.506. The van der Waals surface area contributed by atoms with Crippen LogP contribution in [0.4, 0.5) is 5.95 Å². The Morgan fingerprint density at radius 3 is 2.66 bits per heavy atom. The lowest BCUT2D eigenvalue weighted by Gasteiger charge is -2.27. The van der Waals surface area contributed by atoms with E-state index >= 15 is 0 Å². The second kappa shape index (κ2) is 10.5. The molecule has 2 heterocycles. The SMILES string of the molecule is Cc1ccc(SCCNC(=O)CCc2c(C)nc(N3CCOCC3)[nH]c2=O)cc1. The largest absolute Gasteiger partial charge is 0.378 e. The van der Waals surface area contributed by atoms with Gasteiger partial charge in [0.2, 0.25) is 11.9 Å². The summed E-state index contributed by atoms with van der Waals surface area (Å²) < 4.78 is 5.33. The predicted octanol–water partition coefficient (Wildman–Crippen LogP) is 2.06. The highest BCUT2D eigenvalue weighted by Gasteiger charge is 2.16. The molecule has 0 atom stereocenters. The second-order valence-corrected chi connectivity index (χ2v) is 8.23. The van der Waals surface area contributed by atoms with E-state index in [1.165, 1.54) is 10.5 Å². The van der Waals surface area contributed by atoms with Gasteiger partial charge in [0.25, 0.3) is 5.56 Å². The minimum Gasteiger partial charge on any atom is -0.378 e. The number of ether oxygens (including phenoxy) is 1. The third-order valence-electron chi connectivity index (χ3n) is 4.84. The lowest BCUT2D eigenvalue weighted by atomic mass is 10.1. The number of rotatable bonds is 8. The summed E-state index contributed by atoms with van der Waals surface area (Å²) in [6, 6.07) is 8.34. The maximum absolute atomic E-state index is 12.5. The summed E-state index contributed by atoms with van der Waals surface area (Å²) in [5, 5.41) is 2.92. The number of aromatic nitrogens is 2. The third-order valence-corrected chi connectivity index (χ3v) is 5.85. The van der Waals surface area contributed by atoms with E-state index in [2.05, 4.69) is 46.5 Å². The van der Waals surface area contributed by atoms with E-state index in [1.54, 1.807) is 11.8 Å². The van der Waals surface area contributed by atoms with Crippen LogP contribution < -0.4 is 15.8 Å². The zero-order chi connectivity index (χ0) is 20.6. The monoisotopic (exact) mass is 416 g/mol. The van der Waals surface area contributed by atoms with Gasteiger partial charge in [-0.05, 0) is 32.4 Å². The molecule has 2 N–H and O–H groups in total. The van der Waals surface area contributed by atoms with Crippen molar-refractivity contribution in [2.45, 2.75) is 31.6 Å². The Hall–Kier alpha value is -2.32. The topological polar surface area (TPSA) is 87.3 Å². The molecule has 1 aliphatic heterocycles. The number of thioether (sulfide) groups is 1. The summed E-state index contributed by atoms with van der Waals surface area (Å²) >= 11 is 1.71. The fourth-order valence-electron chi connectivity index (χ4n) is 3.14. The zero-order valence-corrected chi connectivity index (χ0v) is 17.8. The van der Waals surface area contributed by atoms with Crippen LogP contribution in [0.15, 0.2) is 34.0 Å². The van der Waals surface area contributed by atoms with Crippen molar-refractivity contribution in [1.29, 1.82) is 0 Å². The van der Waals surface area contributed by atoms with Crippen LogP contribution in [0.25, 0.3) is 0 Å². The van der Waals surface area contributed by atoms with Crippen LogP contribution >= 0.6 is 11.8 Å². The van der Waals surface area contributed by atoms with Crippen molar-refractivity contribution >= 4 is 23.6 Å². The number of anilines is 1. The number of nitrogens with zero attached hydrogens (tertiary/aromatic N) is 2. The van der Waals surface area contributed by atoms with E-state index in [0.29, 0.717) is 56.5 Å². The Morgan fingerprint density at radius 1 is 1.24 bits per heavy atom. The van der Waals surface area contributed by atoms with Crippen molar-refractivity contribution in [1.82, 2.24) is 15.3 Å². The van der Waals surface area contributed by atoms with Crippen LogP contribution in [-0.4, -0.2) is 54.5 Å². The molecular weight excluding hydrogens is 388 g/mol. The van der Waals surface area contributed by atoms with Gasteiger partial charge < -0.3 is 15.0 Å². The number of hydrogen-bond donors (Lipinski definition) is 2. The Morgan fingerprint density at radius 2 is 1.97 bits per heavy atom. The number of aromatic amines is 1. The molecule has 2 aromatic rings. The van der Waals surface area contributed by atoms with Crippen LogP contribution in [-0.2, 0) is 16.0 Å². The third kappa shape index (κ3) is 6.33. The summed E-state index contributed by atoms with van der Waals surface area (Å²) in [5.74, 6) is 1.34. The number of benzene rings is 1. The molecule has 0 bridgehead atoms. The molecule has 0 aliphatic carbocycles. The average molecular weight is 417 g/mol. The molecule has 1 aliphatic rings. The lowest BCUT2D eigenvalue weighted by molar-refractivity contribution is -0.120. The predicted molar refractivity (Wildman–Crippen MR) is 116 cm³/mol. The number of H-pyrrole nitrogens is 1. The van der Waals surface area contributed by atoms with Gasteiger partial charge >= 0.3 is 0 Å². The molecule has 7 nitrogen and oxygen atoms in total. The van der Waals surface area contributed by atoms with Gasteiger partial charge in [0, 0.05) is 48.0 Å². The molecule has 1 aromatic heterocycles. The van der Waals surface area contributed by atoms with Crippen LogP contribution in [0.2, 0.25) is 0 Å². The maximum Gasteiger partial charge on any atom is 0.255 e. The average Bonchev–Trinajstić information content (AvgIpc) is 2.72. The summed E-state index contributed by atoms with van der Waals surface area (Å²) in [6.45, 7) is 7.17. The van der Waals surface area contributed by atoms with Crippen molar-refractivity contribution in [2.24, 2.45) is 0 Å².